The number of piperazine rings is 1. The third-order valence-corrected chi connectivity index (χ3v) is 4.64. The maximum atomic E-state index is 6.24. The zero-order valence-electron chi connectivity index (χ0n) is 11.3. The molecule has 0 aliphatic carbocycles. The molecule has 2 heterocycles. The van der Waals surface area contributed by atoms with Gasteiger partial charge < -0.3 is 5.32 Å². The number of nitrogens with zero attached hydrogens (tertiary/aromatic N) is 2. The van der Waals surface area contributed by atoms with Crippen molar-refractivity contribution in [2.45, 2.75) is 19.0 Å². The van der Waals surface area contributed by atoms with Gasteiger partial charge in [0.1, 0.15) is 0 Å². The predicted molar refractivity (Wildman–Crippen MR) is 79.6 cm³/mol. The van der Waals surface area contributed by atoms with E-state index < -0.39 is 0 Å². The first-order valence-corrected chi connectivity index (χ1v) is 7.61. The molecule has 4 heteroatoms. The van der Waals surface area contributed by atoms with Crippen LogP contribution < -0.4 is 5.32 Å². The molecule has 0 aromatic heterocycles. The molecule has 2 aliphatic rings. The molecular formula is C15H22ClN3. The van der Waals surface area contributed by atoms with E-state index in [4.69, 9.17) is 11.6 Å². The molecule has 0 spiro atoms. The number of nitrogens with one attached hydrogen (secondary N) is 1. The van der Waals surface area contributed by atoms with E-state index in [9.17, 15) is 0 Å². The molecule has 19 heavy (non-hydrogen) atoms. The first kappa shape index (κ1) is 13.4. The van der Waals surface area contributed by atoms with Crippen LogP contribution in [0.1, 0.15) is 12.0 Å². The summed E-state index contributed by atoms with van der Waals surface area (Å²) in [6.07, 6.45) is 1.30. The molecule has 3 nitrogen and oxygen atoms in total. The zero-order valence-corrected chi connectivity index (χ0v) is 12.1. The molecule has 1 atom stereocenters. The standard InChI is InChI=1S/C15H22ClN3/c16-15-4-2-1-3-13(15)11-18-8-5-14(12-18)19-9-6-17-7-10-19/h1-4,14,17H,5-12H2. The Bertz CT molecular complexity index is 418. The molecule has 1 aromatic carbocycles. The second kappa shape index (κ2) is 6.23. The van der Waals surface area contributed by atoms with Crippen LogP contribution >= 0.6 is 11.6 Å². The van der Waals surface area contributed by atoms with Crippen molar-refractivity contribution >= 4 is 11.6 Å². The molecule has 1 aromatic rings. The largest absolute Gasteiger partial charge is 0.314 e. The molecule has 3 rings (SSSR count). The van der Waals surface area contributed by atoms with Crippen molar-refractivity contribution in [1.82, 2.24) is 15.1 Å². The van der Waals surface area contributed by atoms with Gasteiger partial charge in [0, 0.05) is 56.9 Å². The highest BCUT2D eigenvalue weighted by Crippen LogP contribution is 2.22. The van der Waals surface area contributed by atoms with Crippen molar-refractivity contribution in [3.8, 4) is 0 Å². The zero-order chi connectivity index (χ0) is 13.1. The fraction of sp³-hybridized carbons (Fsp3) is 0.600. The smallest absolute Gasteiger partial charge is 0.0451 e. The van der Waals surface area contributed by atoms with Crippen LogP contribution in [0.4, 0.5) is 0 Å². The molecule has 104 valence electrons. The molecule has 1 unspecified atom stereocenters. The van der Waals surface area contributed by atoms with Gasteiger partial charge in [-0.15, -0.1) is 0 Å². The summed E-state index contributed by atoms with van der Waals surface area (Å²) in [5.41, 5.74) is 1.25. The van der Waals surface area contributed by atoms with Crippen LogP contribution in [0.2, 0.25) is 5.02 Å². The Morgan fingerprint density at radius 1 is 1.16 bits per heavy atom. The molecule has 0 radical (unpaired) electrons. The topological polar surface area (TPSA) is 18.5 Å². The Kier molecular flexibility index (Phi) is 4.38. The summed E-state index contributed by atoms with van der Waals surface area (Å²) < 4.78 is 0. The number of hydrogen-bond acceptors (Lipinski definition) is 3. The van der Waals surface area contributed by atoms with Gasteiger partial charge in [-0.25, -0.2) is 0 Å². The molecule has 2 saturated heterocycles. The number of hydrogen-bond donors (Lipinski definition) is 1. The summed E-state index contributed by atoms with van der Waals surface area (Å²) >= 11 is 6.24. The minimum absolute atomic E-state index is 0.740. The molecule has 2 fully saturated rings. The van der Waals surface area contributed by atoms with Crippen LogP contribution in [0.3, 0.4) is 0 Å². The average molecular weight is 280 g/mol. The van der Waals surface area contributed by atoms with E-state index >= 15 is 0 Å². The van der Waals surface area contributed by atoms with E-state index in [2.05, 4.69) is 27.2 Å². The van der Waals surface area contributed by atoms with Crippen LogP contribution in [0.5, 0.6) is 0 Å². The first-order chi connectivity index (χ1) is 9.33. The number of halogens is 1. The SMILES string of the molecule is Clc1ccccc1CN1CCC(N2CCNCC2)C1. The van der Waals surface area contributed by atoms with Gasteiger partial charge in [-0.3, -0.25) is 9.80 Å². The Morgan fingerprint density at radius 3 is 2.74 bits per heavy atom. The monoisotopic (exact) mass is 279 g/mol. The highest BCUT2D eigenvalue weighted by molar-refractivity contribution is 6.31. The van der Waals surface area contributed by atoms with E-state index in [-0.39, 0.29) is 0 Å². The van der Waals surface area contributed by atoms with Gasteiger partial charge in [0.05, 0.1) is 0 Å². The van der Waals surface area contributed by atoms with E-state index in [0.717, 1.165) is 30.7 Å². The fourth-order valence-electron chi connectivity index (χ4n) is 3.17. The van der Waals surface area contributed by atoms with Crippen molar-refractivity contribution in [3.05, 3.63) is 34.9 Å². The summed E-state index contributed by atoms with van der Waals surface area (Å²) in [6.45, 7) is 8.05. The minimum Gasteiger partial charge on any atom is -0.314 e. The molecule has 2 aliphatic heterocycles. The maximum Gasteiger partial charge on any atom is 0.0451 e. The van der Waals surface area contributed by atoms with Crippen LogP contribution in [-0.2, 0) is 6.54 Å². The van der Waals surface area contributed by atoms with Gasteiger partial charge in [-0.1, -0.05) is 29.8 Å². The molecule has 0 saturated carbocycles. The number of benzene rings is 1. The lowest BCUT2D eigenvalue weighted by atomic mass is 10.2. The van der Waals surface area contributed by atoms with Gasteiger partial charge in [-0.05, 0) is 18.1 Å². The van der Waals surface area contributed by atoms with Crippen LogP contribution in [0, 0.1) is 0 Å². The molecule has 1 N–H and O–H groups in total. The van der Waals surface area contributed by atoms with Gasteiger partial charge in [-0.2, -0.15) is 0 Å². The Labute approximate surface area is 120 Å². The average Bonchev–Trinajstić information content (AvgIpc) is 2.91. The second-order valence-corrected chi connectivity index (χ2v) is 5.96. The third-order valence-electron chi connectivity index (χ3n) is 4.27. The lowest BCUT2D eigenvalue weighted by Crippen LogP contribution is -2.49. The lowest BCUT2D eigenvalue weighted by Gasteiger charge is -2.32. The highest BCUT2D eigenvalue weighted by atomic mass is 35.5. The van der Waals surface area contributed by atoms with Crippen molar-refractivity contribution < 1.29 is 0 Å². The highest BCUT2D eigenvalue weighted by Gasteiger charge is 2.28. The van der Waals surface area contributed by atoms with Gasteiger partial charge >= 0.3 is 0 Å². The summed E-state index contributed by atoms with van der Waals surface area (Å²) in [4.78, 5) is 5.18. The minimum atomic E-state index is 0.740. The third kappa shape index (κ3) is 3.29. The van der Waals surface area contributed by atoms with Crippen LogP contribution in [-0.4, -0.2) is 55.1 Å². The van der Waals surface area contributed by atoms with E-state index in [1.54, 1.807) is 0 Å². The Morgan fingerprint density at radius 2 is 1.95 bits per heavy atom. The summed E-state index contributed by atoms with van der Waals surface area (Å²) in [7, 11) is 0. The second-order valence-electron chi connectivity index (χ2n) is 5.55. The quantitative estimate of drug-likeness (QED) is 0.911. The van der Waals surface area contributed by atoms with Crippen LogP contribution in [0.15, 0.2) is 24.3 Å². The number of rotatable bonds is 3. The van der Waals surface area contributed by atoms with Gasteiger partial charge in [0.2, 0.25) is 0 Å². The van der Waals surface area contributed by atoms with E-state index in [0.29, 0.717) is 0 Å². The van der Waals surface area contributed by atoms with Crippen molar-refractivity contribution in [3.63, 3.8) is 0 Å². The Hall–Kier alpha value is -0.610. The lowest BCUT2D eigenvalue weighted by molar-refractivity contribution is 0.170. The van der Waals surface area contributed by atoms with E-state index in [1.807, 2.05) is 12.1 Å². The summed E-state index contributed by atoms with van der Waals surface area (Å²) in [5.74, 6) is 0. The fourth-order valence-corrected chi connectivity index (χ4v) is 3.36. The predicted octanol–water partition coefficient (Wildman–Crippen LogP) is 1.82. The van der Waals surface area contributed by atoms with Gasteiger partial charge in [0.25, 0.3) is 0 Å². The number of likely N-dealkylation sites (tertiary alicyclic amines) is 1. The molecule has 0 bridgehead atoms. The maximum absolute atomic E-state index is 6.24. The van der Waals surface area contributed by atoms with Crippen molar-refractivity contribution in [1.29, 1.82) is 0 Å². The van der Waals surface area contributed by atoms with Gasteiger partial charge in [0.15, 0.2) is 0 Å². The normalized spacial score (nSPS) is 25.8. The van der Waals surface area contributed by atoms with Crippen LogP contribution in [0.25, 0.3) is 0 Å². The molecular weight excluding hydrogens is 258 g/mol. The van der Waals surface area contributed by atoms with E-state index in [1.165, 1.54) is 38.2 Å². The van der Waals surface area contributed by atoms with Crippen molar-refractivity contribution in [2.75, 3.05) is 39.3 Å². The Balaban J connectivity index is 1.55. The summed E-state index contributed by atoms with van der Waals surface area (Å²) in [6, 6.07) is 8.94. The van der Waals surface area contributed by atoms with Crippen molar-refractivity contribution in [2.24, 2.45) is 0 Å². The summed E-state index contributed by atoms with van der Waals surface area (Å²) in [5, 5.41) is 4.32. The molecule has 0 amide bonds. The first-order valence-electron chi connectivity index (χ1n) is 7.23.